The molecule has 5 aromatic carbocycles. The minimum atomic E-state index is 0.396. The first kappa shape index (κ1) is 26.2. The molecule has 0 saturated heterocycles. The van der Waals surface area contributed by atoms with E-state index in [1.165, 1.54) is 54.0 Å². The number of likely N-dealkylation sites (N-methyl/N-ethyl adjacent to an activating group) is 1. The fourth-order valence-electron chi connectivity index (χ4n) is 5.98. The molecule has 1 heterocycles. The van der Waals surface area contributed by atoms with Crippen molar-refractivity contribution in [2.75, 3.05) is 24.2 Å². The van der Waals surface area contributed by atoms with Crippen LogP contribution in [0.2, 0.25) is 0 Å². The summed E-state index contributed by atoms with van der Waals surface area (Å²) < 4.78 is 0. The second kappa shape index (κ2) is 11.6. The van der Waals surface area contributed by atoms with Crippen molar-refractivity contribution in [3.63, 3.8) is 0 Å². The summed E-state index contributed by atoms with van der Waals surface area (Å²) in [6, 6.07) is 32.8. The van der Waals surface area contributed by atoms with E-state index < -0.39 is 0 Å². The topological polar surface area (TPSA) is 3.24 Å². The molecule has 1 aliphatic rings. The van der Waals surface area contributed by atoms with Crippen molar-refractivity contribution >= 4 is 57.7 Å². The summed E-state index contributed by atoms with van der Waals surface area (Å²) in [6.07, 6.45) is 12.2. The maximum atomic E-state index is 4.14. The summed E-state index contributed by atoms with van der Waals surface area (Å²) in [5.74, 6) is 1.31. The highest BCUT2D eigenvalue weighted by Gasteiger charge is 2.24. The molecule has 1 nitrogen and oxygen atoms in total. The number of fused-ring (bicyclic) bond motifs is 3. The maximum Gasteiger partial charge on any atom is 0.0587 e. The lowest BCUT2D eigenvalue weighted by Gasteiger charge is -2.30. The number of allylic oxidation sites excluding steroid dienone is 1. The van der Waals surface area contributed by atoms with Crippen LogP contribution >= 0.6 is 11.8 Å². The van der Waals surface area contributed by atoms with Crippen LogP contribution in [-0.4, -0.2) is 19.3 Å². The summed E-state index contributed by atoms with van der Waals surface area (Å²) in [6.45, 7) is 7.45. The largest absolute Gasteiger partial charge is 0.369 e. The number of hydrogen-bond acceptors (Lipinski definition) is 2. The molecule has 0 saturated carbocycles. The highest BCUT2D eigenvalue weighted by atomic mass is 32.2. The molecule has 40 heavy (non-hydrogen) atoms. The van der Waals surface area contributed by atoms with Gasteiger partial charge in [-0.3, -0.25) is 0 Å². The van der Waals surface area contributed by atoms with E-state index in [4.69, 9.17) is 0 Å². The van der Waals surface area contributed by atoms with Gasteiger partial charge in [-0.25, -0.2) is 0 Å². The Morgan fingerprint density at radius 2 is 1.60 bits per heavy atom. The van der Waals surface area contributed by atoms with Gasteiger partial charge in [-0.2, -0.15) is 0 Å². The van der Waals surface area contributed by atoms with Crippen molar-refractivity contribution in [2.24, 2.45) is 0 Å². The Kier molecular flexibility index (Phi) is 7.62. The van der Waals surface area contributed by atoms with Crippen LogP contribution in [0.5, 0.6) is 0 Å². The van der Waals surface area contributed by atoms with Gasteiger partial charge in [0.1, 0.15) is 0 Å². The standard InChI is InChI=1S/C38H35NS/c1-27-14-4-5-15-29(27)16-10-11-25-40-38-35-21-9-8-20-33(35)36(34-23-13-24-39(3)37(34)38)26-28(2)31-22-12-18-30-17-6-7-19-32(30)31/h4-23,28H,1,24-26H2,2-3H3/b11-10-,29-16-. The lowest BCUT2D eigenvalue weighted by molar-refractivity contribution is 0.767. The first-order valence-corrected chi connectivity index (χ1v) is 15.1. The number of anilines is 1. The Labute approximate surface area is 241 Å². The van der Waals surface area contributed by atoms with Crippen LogP contribution in [0.1, 0.15) is 29.5 Å². The van der Waals surface area contributed by atoms with E-state index in [1.54, 1.807) is 0 Å². The molecule has 1 unspecified atom stereocenters. The van der Waals surface area contributed by atoms with Crippen LogP contribution < -0.4 is 15.3 Å². The van der Waals surface area contributed by atoms with Gasteiger partial charge in [0, 0.05) is 29.8 Å². The molecule has 1 atom stereocenters. The van der Waals surface area contributed by atoms with Gasteiger partial charge in [-0.1, -0.05) is 135 Å². The monoisotopic (exact) mass is 537 g/mol. The second-order valence-electron chi connectivity index (χ2n) is 10.7. The predicted octanol–water partition coefficient (Wildman–Crippen LogP) is 8.34. The molecule has 0 spiro atoms. The Morgan fingerprint density at radius 1 is 0.875 bits per heavy atom. The maximum absolute atomic E-state index is 4.14. The summed E-state index contributed by atoms with van der Waals surface area (Å²) in [5.41, 5.74) is 5.62. The first-order chi connectivity index (χ1) is 19.6. The van der Waals surface area contributed by atoms with Crippen molar-refractivity contribution in [3.8, 4) is 0 Å². The first-order valence-electron chi connectivity index (χ1n) is 14.1. The van der Waals surface area contributed by atoms with Crippen LogP contribution in [0, 0.1) is 0 Å². The fraction of sp³-hybridized carbons (Fsp3) is 0.158. The van der Waals surface area contributed by atoms with Crippen LogP contribution in [0.4, 0.5) is 5.69 Å². The van der Waals surface area contributed by atoms with Crippen LogP contribution in [0.15, 0.2) is 114 Å². The zero-order chi connectivity index (χ0) is 27.5. The van der Waals surface area contributed by atoms with Crippen molar-refractivity contribution < 1.29 is 0 Å². The van der Waals surface area contributed by atoms with Crippen LogP contribution in [-0.2, 0) is 6.42 Å². The fourth-order valence-corrected chi connectivity index (χ4v) is 7.09. The molecule has 2 heteroatoms. The zero-order valence-electron chi connectivity index (χ0n) is 23.3. The van der Waals surface area contributed by atoms with Crippen LogP contribution in [0.3, 0.4) is 0 Å². The van der Waals surface area contributed by atoms with Gasteiger partial charge in [-0.15, -0.1) is 11.8 Å². The Bertz CT molecular complexity index is 1860. The molecule has 0 aromatic heterocycles. The van der Waals surface area contributed by atoms with E-state index >= 15 is 0 Å². The van der Waals surface area contributed by atoms with Gasteiger partial charge in [0.2, 0.25) is 0 Å². The SMILES string of the molecule is C=c1cccc/c1=C/C=C\CSc1c2c(c(CC(C)c3cccc4ccccc34)c3ccccc13)C=CCN2C. The molecule has 0 radical (unpaired) electrons. The van der Waals surface area contributed by atoms with E-state index in [1.807, 2.05) is 17.8 Å². The molecule has 0 amide bonds. The number of rotatable bonds is 7. The summed E-state index contributed by atoms with van der Waals surface area (Å²) in [4.78, 5) is 3.80. The smallest absolute Gasteiger partial charge is 0.0587 e. The lowest BCUT2D eigenvalue weighted by atomic mass is 9.85. The quantitative estimate of drug-likeness (QED) is 0.192. The molecule has 198 valence electrons. The Morgan fingerprint density at radius 3 is 2.45 bits per heavy atom. The normalized spacial score (nSPS) is 14.3. The van der Waals surface area contributed by atoms with Crippen molar-refractivity contribution in [1.29, 1.82) is 0 Å². The molecular formula is C38H35NS. The van der Waals surface area contributed by atoms with E-state index in [0.29, 0.717) is 5.92 Å². The molecule has 5 aromatic rings. The van der Waals surface area contributed by atoms with E-state index in [9.17, 15) is 0 Å². The van der Waals surface area contributed by atoms with E-state index in [-0.39, 0.29) is 0 Å². The molecule has 6 rings (SSSR count). The number of hydrogen-bond donors (Lipinski definition) is 0. The van der Waals surface area contributed by atoms with E-state index in [2.05, 4.69) is 141 Å². The third kappa shape index (κ3) is 5.12. The number of nitrogens with zero attached hydrogens (tertiary/aromatic N) is 1. The Balaban J connectivity index is 1.39. The average molecular weight is 538 g/mol. The highest BCUT2D eigenvalue weighted by molar-refractivity contribution is 7.99. The molecule has 0 fully saturated rings. The lowest BCUT2D eigenvalue weighted by Crippen LogP contribution is -2.22. The number of thioether (sulfide) groups is 1. The van der Waals surface area contributed by atoms with Crippen LogP contribution in [0.25, 0.3) is 40.3 Å². The molecular weight excluding hydrogens is 502 g/mol. The molecule has 0 bridgehead atoms. The van der Waals surface area contributed by atoms with Crippen molar-refractivity contribution in [2.45, 2.75) is 24.2 Å². The Hall–Kier alpha value is -4.01. The summed E-state index contributed by atoms with van der Waals surface area (Å²) in [7, 11) is 2.23. The third-order valence-corrected chi connectivity index (χ3v) is 9.05. The van der Waals surface area contributed by atoms with E-state index in [0.717, 1.165) is 23.9 Å². The van der Waals surface area contributed by atoms with Gasteiger partial charge in [0.05, 0.1) is 5.69 Å². The summed E-state index contributed by atoms with van der Waals surface area (Å²) >= 11 is 1.94. The molecule has 0 N–H and O–H groups in total. The molecule has 0 aliphatic carbocycles. The van der Waals surface area contributed by atoms with Gasteiger partial charge in [0.25, 0.3) is 0 Å². The van der Waals surface area contributed by atoms with Crippen molar-refractivity contribution in [3.05, 3.63) is 136 Å². The summed E-state index contributed by atoms with van der Waals surface area (Å²) in [5, 5.41) is 7.63. The average Bonchev–Trinajstić information content (AvgIpc) is 2.98. The highest BCUT2D eigenvalue weighted by Crippen LogP contribution is 2.45. The van der Waals surface area contributed by atoms with Gasteiger partial charge in [0.15, 0.2) is 0 Å². The van der Waals surface area contributed by atoms with Gasteiger partial charge in [-0.05, 0) is 55.4 Å². The number of benzene rings is 5. The second-order valence-corrected chi connectivity index (χ2v) is 11.7. The minimum absolute atomic E-state index is 0.396. The van der Waals surface area contributed by atoms with Gasteiger partial charge < -0.3 is 4.90 Å². The zero-order valence-corrected chi connectivity index (χ0v) is 24.1. The van der Waals surface area contributed by atoms with Gasteiger partial charge >= 0.3 is 0 Å². The third-order valence-electron chi connectivity index (χ3n) is 7.99. The molecule has 1 aliphatic heterocycles. The minimum Gasteiger partial charge on any atom is -0.369 e. The van der Waals surface area contributed by atoms with Crippen molar-refractivity contribution in [1.82, 2.24) is 0 Å². The predicted molar refractivity (Wildman–Crippen MR) is 178 cm³/mol.